The van der Waals surface area contributed by atoms with E-state index in [1.165, 1.54) is 25.7 Å². The lowest BCUT2D eigenvalue weighted by Crippen LogP contribution is -2.12. The minimum atomic E-state index is 0.211. The summed E-state index contributed by atoms with van der Waals surface area (Å²) in [5.41, 5.74) is 0. The molecular weight excluding hydrogens is 222 g/mol. The van der Waals surface area contributed by atoms with Crippen molar-refractivity contribution in [1.29, 1.82) is 0 Å². The number of unbranched alkanes of at least 4 members (excludes halogenated alkanes) is 3. The molecule has 0 N–H and O–H groups in total. The van der Waals surface area contributed by atoms with Crippen LogP contribution in [-0.4, -0.2) is 11.1 Å². The predicted octanol–water partition coefficient (Wildman–Crippen LogP) is 4.47. The Morgan fingerprint density at radius 2 is 2.12 bits per heavy atom. The Hall–Kier alpha value is -0.760. The molecule has 1 aromatic rings. The van der Waals surface area contributed by atoms with E-state index in [1.807, 2.05) is 12.1 Å². The third kappa shape index (κ3) is 5.36. The fourth-order valence-electron chi connectivity index (χ4n) is 1.58. The molecule has 90 valence electrons. The highest BCUT2D eigenvalue weighted by molar-refractivity contribution is 6.29. The van der Waals surface area contributed by atoms with Crippen LogP contribution in [0.5, 0.6) is 5.88 Å². The summed E-state index contributed by atoms with van der Waals surface area (Å²) in [7, 11) is 0. The van der Waals surface area contributed by atoms with Crippen LogP contribution in [0.1, 0.15) is 46.0 Å². The van der Waals surface area contributed by atoms with Crippen molar-refractivity contribution in [3.63, 3.8) is 0 Å². The van der Waals surface area contributed by atoms with Crippen LogP contribution in [0.3, 0.4) is 0 Å². The molecule has 0 bridgehead atoms. The van der Waals surface area contributed by atoms with Crippen LogP contribution < -0.4 is 4.74 Å². The van der Waals surface area contributed by atoms with Gasteiger partial charge in [-0.2, -0.15) is 0 Å². The minimum Gasteiger partial charge on any atom is -0.475 e. The molecule has 1 rings (SSSR count). The van der Waals surface area contributed by atoms with Gasteiger partial charge in [-0.05, 0) is 25.8 Å². The number of hydrogen-bond donors (Lipinski definition) is 0. The third-order valence-electron chi connectivity index (χ3n) is 2.48. The van der Waals surface area contributed by atoms with Crippen LogP contribution in [-0.2, 0) is 0 Å². The highest BCUT2D eigenvalue weighted by Crippen LogP contribution is 2.15. The van der Waals surface area contributed by atoms with E-state index in [0.717, 1.165) is 6.42 Å². The Morgan fingerprint density at radius 1 is 1.31 bits per heavy atom. The fourth-order valence-corrected chi connectivity index (χ4v) is 1.73. The molecule has 1 unspecified atom stereocenters. The molecule has 1 heterocycles. The van der Waals surface area contributed by atoms with Gasteiger partial charge in [-0.3, -0.25) is 0 Å². The average molecular weight is 242 g/mol. The quantitative estimate of drug-likeness (QED) is 0.519. The van der Waals surface area contributed by atoms with Crippen LogP contribution in [0, 0.1) is 0 Å². The van der Waals surface area contributed by atoms with Crippen LogP contribution in [0.15, 0.2) is 18.2 Å². The molecule has 0 aliphatic carbocycles. The summed E-state index contributed by atoms with van der Waals surface area (Å²) in [6.07, 6.45) is 6.37. The highest BCUT2D eigenvalue weighted by Gasteiger charge is 2.04. The summed E-state index contributed by atoms with van der Waals surface area (Å²) in [6, 6.07) is 5.45. The second kappa shape index (κ2) is 7.50. The van der Waals surface area contributed by atoms with E-state index < -0.39 is 0 Å². The van der Waals surface area contributed by atoms with Gasteiger partial charge in [-0.15, -0.1) is 0 Å². The largest absolute Gasteiger partial charge is 0.475 e. The van der Waals surface area contributed by atoms with E-state index in [4.69, 9.17) is 16.3 Å². The van der Waals surface area contributed by atoms with Gasteiger partial charge >= 0.3 is 0 Å². The molecule has 0 radical (unpaired) electrons. The highest BCUT2D eigenvalue weighted by atomic mass is 35.5. The van der Waals surface area contributed by atoms with Gasteiger partial charge < -0.3 is 4.74 Å². The topological polar surface area (TPSA) is 22.1 Å². The molecule has 0 spiro atoms. The van der Waals surface area contributed by atoms with Crippen LogP contribution >= 0.6 is 11.6 Å². The number of halogens is 1. The smallest absolute Gasteiger partial charge is 0.214 e. The van der Waals surface area contributed by atoms with Gasteiger partial charge in [-0.25, -0.2) is 4.98 Å². The van der Waals surface area contributed by atoms with Gasteiger partial charge in [0, 0.05) is 6.07 Å². The van der Waals surface area contributed by atoms with Crippen LogP contribution in [0.4, 0.5) is 0 Å². The van der Waals surface area contributed by atoms with Gasteiger partial charge in [0.25, 0.3) is 0 Å². The molecular formula is C13H20ClNO. The van der Waals surface area contributed by atoms with Crippen LogP contribution in [0.2, 0.25) is 5.15 Å². The van der Waals surface area contributed by atoms with E-state index in [9.17, 15) is 0 Å². The third-order valence-corrected chi connectivity index (χ3v) is 2.69. The van der Waals surface area contributed by atoms with Gasteiger partial charge in [0.2, 0.25) is 5.88 Å². The Bertz CT molecular complexity index is 304. The first-order valence-electron chi connectivity index (χ1n) is 6.01. The maximum atomic E-state index is 5.78. The zero-order chi connectivity index (χ0) is 11.8. The molecule has 0 saturated heterocycles. The molecule has 1 atom stereocenters. The number of nitrogens with zero attached hydrogens (tertiary/aromatic N) is 1. The van der Waals surface area contributed by atoms with Crippen molar-refractivity contribution in [2.75, 3.05) is 0 Å². The van der Waals surface area contributed by atoms with Gasteiger partial charge in [-0.1, -0.05) is 43.9 Å². The van der Waals surface area contributed by atoms with E-state index in [-0.39, 0.29) is 6.10 Å². The molecule has 3 heteroatoms. The van der Waals surface area contributed by atoms with Crippen molar-refractivity contribution < 1.29 is 4.74 Å². The zero-order valence-electron chi connectivity index (χ0n) is 10.1. The summed E-state index contributed by atoms with van der Waals surface area (Å²) in [5, 5.41) is 0.482. The molecule has 2 nitrogen and oxygen atoms in total. The summed E-state index contributed by atoms with van der Waals surface area (Å²) >= 11 is 5.78. The maximum absolute atomic E-state index is 5.78. The lowest BCUT2D eigenvalue weighted by Gasteiger charge is -2.13. The molecule has 0 saturated carbocycles. The van der Waals surface area contributed by atoms with Crippen molar-refractivity contribution in [2.45, 2.75) is 52.1 Å². The number of ether oxygens (including phenoxy) is 1. The van der Waals surface area contributed by atoms with Gasteiger partial charge in [0.1, 0.15) is 5.15 Å². The Morgan fingerprint density at radius 3 is 2.81 bits per heavy atom. The Balaban J connectivity index is 2.25. The summed E-state index contributed by atoms with van der Waals surface area (Å²) in [5.74, 6) is 0.621. The number of aromatic nitrogens is 1. The number of pyridine rings is 1. The summed E-state index contributed by atoms with van der Waals surface area (Å²) in [6.45, 7) is 4.30. The van der Waals surface area contributed by atoms with Crippen molar-refractivity contribution >= 4 is 11.6 Å². The molecule has 0 aliphatic heterocycles. The van der Waals surface area contributed by atoms with Gasteiger partial charge in [0.15, 0.2) is 0 Å². The van der Waals surface area contributed by atoms with E-state index in [2.05, 4.69) is 18.8 Å². The normalized spacial score (nSPS) is 12.4. The first kappa shape index (κ1) is 13.3. The van der Waals surface area contributed by atoms with Crippen molar-refractivity contribution in [3.05, 3.63) is 23.4 Å². The lowest BCUT2D eigenvalue weighted by atomic mass is 10.1. The molecule has 0 aromatic carbocycles. The summed E-state index contributed by atoms with van der Waals surface area (Å²) < 4.78 is 5.68. The van der Waals surface area contributed by atoms with Crippen molar-refractivity contribution in [2.24, 2.45) is 0 Å². The molecule has 0 aliphatic rings. The Kier molecular flexibility index (Phi) is 6.24. The van der Waals surface area contributed by atoms with Crippen molar-refractivity contribution in [3.8, 4) is 5.88 Å². The number of rotatable bonds is 7. The van der Waals surface area contributed by atoms with Gasteiger partial charge in [0.05, 0.1) is 6.10 Å². The molecule has 1 aromatic heterocycles. The monoisotopic (exact) mass is 241 g/mol. The number of hydrogen-bond acceptors (Lipinski definition) is 2. The second-order valence-corrected chi connectivity index (χ2v) is 4.46. The molecule has 0 amide bonds. The van der Waals surface area contributed by atoms with E-state index >= 15 is 0 Å². The maximum Gasteiger partial charge on any atom is 0.214 e. The fraction of sp³-hybridized carbons (Fsp3) is 0.615. The second-order valence-electron chi connectivity index (χ2n) is 4.08. The van der Waals surface area contributed by atoms with Crippen LogP contribution in [0.25, 0.3) is 0 Å². The van der Waals surface area contributed by atoms with E-state index in [0.29, 0.717) is 11.0 Å². The lowest BCUT2D eigenvalue weighted by molar-refractivity contribution is 0.198. The first-order chi connectivity index (χ1) is 7.72. The molecule has 16 heavy (non-hydrogen) atoms. The van der Waals surface area contributed by atoms with E-state index in [1.54, 1.807) is 6.07 Å². The molecule has 0 fully saturated rings. The predicted molar refractivity (Wildman–Crippen MR) is 68.1 cm³/mol. The summed E-state index contributed by atoms with van der Waals surface area (Å²) in [4.78, 5) is 4.10. The van der Waals surface area contributed by atoms with Crippen molar-refractivity contribution in [1.82, 2.24) is 4.98 Å². The Labute approximate surface area is 103 Å². The first-order valence-corrected chi connectivity index (χ1v) is 6.39. The average Bonchev–Trinajstić information content (AvgIpc) is 2.24. The SMILES string of the molecule is CCCCCCC(C)Oc1cccc(Cl)n1. The zero-order valence-corrected chi connectivity index (χ0v) is 10.8. The standard InChI is InChI=1S/C13H20ClNO/c1-3-4-5-6-8-11(2)16-13-10-7-9-12(14)15-13/h7,9-11H,3-6,8H2,1-2H3. The minimum absolute atomic E-state index is 0.211.